The number of carbonyl (C=O) groups is 3. The first-order valence-electron chi connectivity index (χ1n) is 11.3. The van der Waals surface area contributed by atoms with E-state index in [1.54, 1.807) is 12.1 Å². The molecule has 2 atom stereocenters. The lowest BCUT2D eigenvalue weighted by Crippen LogP contribution is -2.56. The third-order valence-electron chi connectivity index (χ3n) is 4.72. The summed E-state index contributed by atoms with van der Waals surface area (Å²) in [6, 6.07) is 14.7. The summed E-state index contributed by atoms with van der Waals surface area (Å²) < 4.78 is 26.8. The van der Waals surface area contributed by atoms with E-state index < -0.39 is 30.1 Å². The second-order valence-corrected chi connectivity index (χ2v) is 7.79. The van der Waals surface area contributed by atoms with Crippen molar-refractivity contribution in [3.63, 3.8) is 0 Å². The smallest absolute Gasteiger partial charge is 0.362 e. The molecule has 36 heavy (non-hydrogen) atoms. The molecule has 2 unspecified atom stereocenters. The number of carbonyl (C=O) groups excluding carboxylic acids is 3. The minimum atomic E-state index is -0.762. The molecule has 0 saturated carbocycles. The van der Waals surface area contributed by atoms with Crippen molar-refractivity contribution >= 4 is 29.5 Å². The zero-order valence-corrected chi connectivity index (χ0v) is 20.7. The van der Waals surface area contributed by atoms with Crippen LogP contribution >= 0.6 is 11.6 Å². The molecule has 0 spiro atoms. The monoisotopic (exact) mass is 526 g/mol. The highest BCUT2D eigenvalue weighted by Gasteiger charge is 2.18. The largest absolute Gasteiger partial charge is 0.490 e. The molecule has 9 N–H and O–H groups in total. The van der Waals surface area contributed by atoms with E-state index in [1.807, 2.05) is 36.4 Å². The fraction of sp³-hybridized carbons (Fsp3) is 0.375. The minimum absolute atomic E-state index is 0.00885. The van der Waals surface area contributed by atoms with Gasteiger partial charge >= 0.3 is 17.9 Å². The lowest BCUT2D eigenvalue weighted by Gasteiger charge is -2.17. The molecule has 0 aromatic heterocycles. The number of ether oxygens (including phenoxy) is 5. The van der Waals surface area contributed by atoms with Gasteiger partial charge in [0, 0.05) is 0 Å². The Labute approximate surface area is 213 Å². The Kier molecular flexibility index (Phi) is 12.5. The Bertz CT molecular complexity index is 972. The van der Waals surface area contributed by atoms with E-state index >= 15 is 0 Å². The van der Waals surface area contributed by atoms with Gasteiger partial charge in [0.2, 0.25) is 0 Å². The van der Waals surface area contributed by atoms with Gasteiger partial charge in [-0.25, -0.2) is 14.4 Å². The third-order valence-corrected chi connectivity index (χ3v) is 5.07. The van der Waals surface area contributed by atoms with Crippen molar-refractivity contribution in [3.05, 3.63) is 48.5 Å². The summed E-state index contributed by atoms with van der Waals surface area (Å²) in [4.78, 5) is 34.3. The Balaban J connectivity index is 1.91. The molecule has 11 nitrogen and oxygen atoms in total. The topological polar surface area (TPSA) is 180 Å². The van der Waals surface area contributed by atoms with Crippen LogP contribution in [0.15, 0.2) is 48.5 Å². The fourth-order valence-corrected chi connectivity index (χ4v) is 2.99. The first kappa shape index (κ1) is 28.9. The van der Waals surface area contributed by atoms with E-state index in [-0.39, 0.29) is 45.3 Å². The molecule has 0 aliphatic rings. The maximum absolute atomic E-state index is 11.6. The number of alkyl halides is 1. The number of hydrogen-bond acceptors (Lipinski definition) is 8. The van der Waals surface area contributed by atoms with Crippen LogP contribution in [-0.2, 0) is 28.6 Å². The standard InChI is InChI=1S/C24H30ClN3O8/c25-9-20(35-23(30)11-27)13-32-18-5-1-16(2-6-18)17-3-7-19(8-4-17)33-14-21(36-24(31)12-28)15-34-22(29)10-26/h1-8,20-21H,9-15,26-28H2/p+3. The second-order valence-electron chi connectivity index (χ2n) is 7.48. The molecule has 12 heteroatoms. The van der Waals surface area contributed by atoms with Gasteiger partial charge in [-0.15, -0.1) is 11.6 Å². The summed E-state index contributed by atoms with van der Waals surface area (Å²) in [5.41, 5.74) is 12.3. The van der Waals surface area contributed by atoms with Crippen LogP contribution in [0.2, 0.25) is 0 Å². The molecule has 0 amide bonds. The molecule has 0 aliphatic carbocycles. The molecule has 0 bridgehead atoms. The molecule has 0 saturated heterocycles. The van der Waals surface area contributed by atoms with Crippen molar-refractivity contribution in [1.82, 2.24) is 0 Å². The second kappa shape index (κ2) is 15.6. The summed E-state index contributed by atoms with van der Waals surface area (Å²) in [6.45, 7) is -0.0181. The van der Waals surface area contributed by atoms with Crippen LogP contribution in [0.4, 0.5) is 0 Å². The van der Waals surface area contributed by atoms with Crippen molar-refractivity contribution in [2.75, 3.05) is 45.3 Å². The number of rotatable bonds is 15. The van der Waals surface area contributed by atoms with E-state index in [0.717, 1.165) is 11.1 Å². The zero-order valence-electron chi connectivity index (χ0n) is 20.0. The highest BCUT2D eigenvalue weighted by Crippen LogP contribution is 2.25. The number of hydrogen-bond donors (Lipinski definition) is 3. The molecular weight excluding hydrogens is 494 g/mol. The molecule has 0 heterocycles. The van der Waals surface area contributed by atoms with Crippen molar-refractivity contribution in [2.45, 2.75) is 12.2 Å². The summed E-state index contributed by atoms with van der Waals surface area (Å²) in [5.74, 6) is -0.154. The third kappa shape index (κ3) is 10.1. The van der Waals surface area contributed by atoms with Crippen molar-refractivity contribution in [2.24, 2.45) is 0 Å². The van der Waals surface area contributed by atoms with Gasteiger partial charge in [0.05, 0.1) is 5.88 Å². The average Bonchev–Trinajstić information content (AvgIpc) is 2.92. The Morgan fingerprint density at radius 1 is 0.639 bits per heavy atom. The van der Waals surface area contributed by atoms with Crippen LogP contribution in [0.3, 0.4) is 0 Å². The van der Waals surface area contributed by atoms with Gasteiger partial charge < -0.3 is 40.9 Å². The molecule has 2 aromatic rings. The van der Waals surface area contributed by atoms with Crippen LogP contribution < -0.4 is 26.7 Å². The SMILES string of the molecule is [NH3+]CC(=O)OCC(COc1ccc(-c2ccc(OCC(CCl)OC(=O)C[NH3+])cc2)cc1)OC(=O)C[NH3+]. The lowest BCUT2D eigenvalue weighted by atomic mass is 10.1. The molecule has 2 rings (SSSR count). The van der Waals surface area contributed by atoms with Crippen LogP contribution in [0.25, 0.3) is 11.1 Å². The van der Waals surface area contributed by atoms with E-state index in [0.29, 0.717) is 11.5 Å². The maximum Gasteiger partial charge on any atom is 0.362 e. The van der Waals surface area contributed by atoms with Crippen molar-refractivity contribution < 1.29 is 55.3 Å². The highest BCUT2D eigenvalue weighted by molar-refractivity contribution is 6.18. The number of esters is 3. The zero-order chi connectivity index (χ0) is 26.3. The molecule has 0 fully saturated rings. The maximum atomic E-state index is 11.6. The van der Waals surface area contributed by atoms with Gasteiger partial charge in [0.25, 0.3) is 0 Å². The van der Waals surface area contributed by atoms with E-state index in [4.69, 9.17) is 35.3 Å². The Hall–Kier alpha value is -3.38. The summed E-state index contributed by atoms with van der Waals surface area (Å²) in [7, 11) is 0. The minimum Gasteiger partial charge on any atom is -0.490 e. The van der Waals surface area contributed by atoms with Gasteiger partial charge in [-0.2, -0.15) is 0 Å². The van der Waals surface area contributed by atoms with E-state index in [9.17, 15) is 14.4 Å². The van der Waals surface area contributed by atoms with Crippen LogP contribution in [0, 0.1) is 0 Å². The predicted molar refractivity (Wildman–Crippen MR) is 128 cm³/mol. The summed E-state index contributed by atoms with van der Waals surface area (Å²) in [5, 5.41) is 0. The Morgan fingerprint density at radius 2 is 1.06 bits per heavy atom. The lowest BCUT2D eigenvalue weighted by molar-refractivity contribution is -0.362. The van der Waals surface area contributed by atoms with E-state index in [2.05, 4.69) is 17.2 Å². The van der Waals surface area contributed by atoms with Gasteiger partial charge in [0.15, 0.2) is 25.7 Å². The molecule has 196 valence electrons. The van der Waals surface area contributed by atoms with Crippen molar-refractivity contribution in [3.8, 4) is 22.6 Å². The molecule has 0 radical (unpaired) electrons. The van der Waals surface area contributed by atoms with Gasteiger partial charge in [0.1, 0.15) is 37.4 Å². The fourth-order valence-electron chi connectivity index (χ4n) is 2.84. The first-order valence-corrected chi connectivity index (χ1v) is 11.9. The summed E-state index contributed by atoms with van der Waals surface area (Å²) >= 11 is 5.82. The van der Waals surface area contributed by atoms with E-state index in [1.165, 1.54) is 0 Å². The van der Waals surface area contributed by atoms with Crippen molar-refractivity contribution in [1.29, 1.82) is 0 Å². The molecule has 2 aromatic carbocycles. The van der Waals surface area contributed by atoms with Gasteiger partial charge in [-0.3, -0.25) is 0 Å². The highest BCUT2D eigenvalue weighted by atomic mass is 35.5. The number of benzene rings is 2. The van der Waals surface area contributed by atoms with Crippen LogP contribution in [-0.4, -0.2) is 75.5 Å². The number of quaternary nitrogens is 3. The summed E-state index contributed by atoms with van der Waals surface area (Å²) in [6.07, 6.45) is -1.31. The predicted octanol–water partition coefficient (Wildman–Crippen LogP) is -1.56. The van der Waals surface area contributed by atoms with Gasteiger partial charge in [-0.05, 0) is 35.4 Å². The average molecular weight is 527 g/mol. The first-order chi connectivity index (χ1) is 17.4. The van der Waals surface area contributed by atoms with Gasteiger partial charge in [-0.1, -0.05) is 24.3 Å². The van der Waals surface area contributed by atoms with Crippen LogP contribution in [0.1, 0.15) is 0 Å². The molecule has 0 aliphatic heterocycles. The Morgan fingerprint density at radius 3 is 1.47 bits per heavy atom. The normalized spacial score (nSPS) is 12.2. The quantitative estimate of drug-likeness (QED) is 0.141. The number of halogens is 1. The van der Waals surface area contributed by atoms with Crippen LogP contribution in [0.5, 0.6) is 11.5 Å². The molecular formula is C24H33ClN3O8+3.